The lowest BCUT2D eigenvalue weighted by Gasteiger charge is -1.95. The maximum absolute atomic E-state index is 10.7. The molecule has 0 spiro atoms. The number of nitro benzene ring substituents is 1. The zero-order valence-electron chi connectivity index (χ0n) is 8.01. The number of hydrogen-bond donors (Lipinski definition) is 0. The average Bonchev–Trinajstić information content (AvgIpc) is 2.55. The van der Waals surface area contributed by atoms with Crippen LogP contribution in [0.5, 0.6) is 0 Å². The maximum atomic E-state index is 10.7. The van der Waals surface area contributed by atoms with E-state index in [1.807, 2.05) is 0 Å². The van der Waals surface area contributed by atoms with Crippen LogP contribution in [0.3, 0.4) is 0 Å². The molecular weight excluding hydrogens is 196 g/mol. The van der Waals surface area contributed by atoms with E-state index in [2.05, 4.69) is 0 Å². The van der Waals surface area contributed by atoms with E-state index in [1.165, 1.54) is 12.1 Å². The summed E-state index contributed by atoms with van der Waals surface area (Å²) >= 11 is 0. The first-order valence-electron chi connectivity index (χ1n) is 4.32. The third-order valence-electron chi connectivity index (χ3n) is 2.34. The number of non-ortho nitro benzene ring substituents is 1. The second-order valence-electron chi connectivity index (χ2n) is 3.27. The number of nitrogens with zero attached hydrogens (tertiary/aromatic N) is 2. The van der Waals surface area contributed by atoms with Crippen LogP contribution >= 0.6 is 0 Å². The number of aromatic nitrogens is 1. The van der Waals surface area contributed by atoms with Gasteiger partial charge in [0.05, 0.1) is 4.92 Å². The van der Waals surface area contributed by atoms with Gasteiger partial charge < -0.3 is 4.57 Å². The number of hydrogen-bond acceptors (Lipinski definition) is 3. The molecule has 1 heterocycles. The third kappa shape index (κ3) is 1.38. The van der Waals surface area contributed by atoms with Crippen LogP contribution in [0.4, 0.5) is 5.69 Å². The highest BCUT2D eigenvalue weighted by Crippen LogP contribution is 2.24. The Bertz CT molecular complexity index is 557. The Balaban J connectivity index is 2.79. The van der Waals surface area contributed by atoms with E-state index in [0.29, 0.717) is 17.2 Å². The van der Waals surface area contributed by atoms with Crippen molar-refractivity contribution in [1.29, 1.82) is 0 Å². The van der Waals surface area contributed by atoms with E-state index in [1.54, 1.807) is 23.9 Å². The first kappa shape index (κ1) is 9.39. The largest absolute Gasteiger partial charge is 0.350 e. The van der Waals surface area contributed by atoms with Crippen molar-refractivity contribution in [2.24, 2.45) is 7.05 Å². The summed E-state index contributed by atoms with van der Waals surface area (Å²) in [7, 11) is 1.79. The lowest BCUT2D eigenvalue weighted by molar-refractivity contribution is -0.384. The van der Waals surface area contributed by atoms with Crippen LogP contribution < -0.4 is 0 Å². The average molecular weight is 204 g/mol. The van der Waals surface area contributed by atoms with Gasteiger partial charge in [-0.1, -0.05) is 0 Å². The Kier molecular flexibility index (Phi) is 2.00. The summed E-state index contributed by atoms with van der Waals surface area (Å²) in [5.41, 5.74) is 1.27. The predicted octanol–water partition coefficient (Wildman–Crippen LogP) is 1.90. The van der Waals surface area contributed by atoms with Crippen molar-refractivity contribution in [2.75, 3.05) is 0 Å². The van der Waals surface area contributed by atoms with E-state index in [4.69, 9.17) is 0 Å². The highest BCUT2D eigenvalue weighted by molar-refractivity contribution is 5.98. The zero-order valence-corrected chi connectivity index (χ0v) is 8.01. The number of carbonyl (C=O) groups is 1. The minimum atomic E-state index is -0.471. The van der Waals surface area contributed by atoms with Gasteiger partial charge in [0.1, 0.15) is 0 Å². The molecule has 0 aliphatic rings. The van der Waals surface area contributed by atoms with Crippen molar-refractivity contribution in [3.8, 4) is 0 Å². The highest BCUT2D eigenvalue weighted by atomic mass is 16.6. The van der Waals surface area contributed by atoms with Gasteiger partial charge in [0.2, 0.25) is 0 Å². The number of aryl methyl sites for hydroxylation is 1. The molecule has 15 heavy (non-hydrogen) atoms. The summed E-state index contributed by atoms with van der Waals surface area (Å²) in [5, 5.41) is 11.2. The van der Waals surface area contributed by atoms with Gasteiger partial charge >= 0.3 is 0 Å². The van der Waals surface area contributed by atoms with Crippen LogP contribution in [0.25, 0.3) is 10.9 Å². The van der Waals surface area contributed by atoms with Crippen molar-refractivity contribution in [3.05, 3.63) is 40.1 Å². The molecule has 2 aromatic rings. The van der Waals surface area contributed by atoms with Crippen molar-refractivity contribution in [2.45, 2.75) is 0 Å². The predicted molar refractivity (Wildman–Crippen MR) is 55.0 cm³/mol. The van der Waals surface area contributed by atoms with Gasteiger partial charge in [-0.15, -0.1) is 0 Å². The van der Waals surface area contributed by atoms with Gasteiger partial charge in [0, 0.05) is 41.8 Å². The number of fused-ring (bicyclic) bond motifs is 1. The first-order chi connectivity index (χ1) is 7.13. The molecule has 5 nitrogen and oxygen atoms in total. The van der Waals surface area contributed by atoms with Crippen LogP contribution in [0.1, 0.15) is 10.4 Å². The molecule has 0 radical (unpaired) electrons. The standard InChI is InChI=1S/C10H8N2O3/c1-11-5-7(6-13)9-4-8(12(14)15)2-3-10(9)11/h2-6H,1H3. The van der Waals surface area contributed by atoms with Crippen LogP contribution in [0.15, 0.2) is 24.4 Å². The molecule has 0 amide bonds. The molecule has 0 saturated carbocycles. The number of carbonyl (C=O) groups excluding carboxylic acids is 1. The summed E-state index contributed by atoms with van der Waals surface area (Å²) in [6.45, 7) is 0. The van der Waals surface area contributed by atoms with E-state index in [0.717, 1.165) is 5.52 Å². The minimum Gasteiger partial charge on any atom is -0.350 e. The Morgan fingerprint density at radius 3 is 2.80 bits per heavy atom. The lowest BCUT2D eigenvalue weighted by Crippen LogP contribution is -1.88. The Morgan fingerprint density at radius 1 is 1.47 bits per heavy atom. The van der Waals surface area contributed by atoms with Crippen LogP contribution in [0.2, 0.25) is 0 Å². The van der Waals surface area contributed by atoms with Crippen molar-refractivity contribution in [3.63, 3.8) is 0 Å². The molecule has 2 rings (SSSR count). The summed E-state index contributed by atoms with van der Waals surface area (Å²) in [6, 6.07) is 4.48. The van der Waals surface area contributed by atoms with E-state index >= 15 is 0 Å². The van der Waals surface area contributed by atoms with Crippen molar-refractivity contribution in [1.82, 2.24) is 4.57 Å². The monoisotopic (exact) mass is 204 g/mol. The number of benzene rings is 1. The molecule has 76 valence electrons. The van der Waals surface area contributed by atoms with Crippen LogP contribution in [0, 0.1) is 10.1 Å². The highest BCUT2D eigenvalue weighted by Gasteiger charge is 2.11. The molecule has 1 aromatic heterocycles. The number of rotatable bonds is 2. The van der Waals surface area contributed by atoms with Crippen LogP contribution in [-0.2, 0) is 7.05 Å². The molecule has 0 bridgehead atoms. The normalized spacial score (nSPS) is 10.5. The molecule has 0 N–H and O–H groups in total. The van der Waals surface area contributed by atoms with Gasteiger partial charge in [-0.3, -0.25) is 14.9 Å². The van der Waals surface area contributed by atoms with Gasteiger partial charge in [-0.2, -0.15) is 0 Å². The first-order valence-corrected chi connectivity index (χ1v) is 4.32. The summed E-state index contributed by atoms with van der Waals surface area (Å²) in [6.07, 6.45) is 2.35. The smallest absolute Gasteiger partial charge is 0.270 e. The fraction of sp³-hybridized carbons (Fsp3) is 0.100. The summed E-state index contributed by atoms with van der Waals surface area (Å²) in [4.78, 5) is 20.8. The van der Waals surface area contributed by atoms with E-state index in [-0.39, 0.29) is 5.69 Å². The fourth-order valence-corrected chi connectivity index (χ4v) is 1.62. The van der Waals surface area contributed by atoms with Crippen molar-refractivity contribution >= 4 is 22.9 Å². The Hall–Kier alpha value is -2.17. The minimum absolute atomic E-state index is 0.00296. The molecule has 0 unspecified atom stereocenters. The summed E-state index contributed by atoms with van der Waals surface area (Å²) < 4.78 is 1.77. The maximum Gasteiger partial charge on any atom is 0.270 e. The molecule has 0 saturated heterocycles. The Morgan fingerprint density at radius 2 is 2.20 bits per heavy atom. The molecular formula is C10H8N2O3. The molecule has 5 heteroatoms. The Labute approximate surface area is 85.1 Å². The third-order valence-corrected chi connectivity index (χ3v) is 2.34. The quantitative estimate of drug-likeness (QED) is 0.426. The SMILES string of the molecule is Cn1cc(C=O)c2cc([N+](=O)[O-])ccc21. The topological polar surface area (TPSA) is 65.1 Å². The molecule has 0 aliphatic carbocycles. The van der Waals surface area contributed by atoms with Gasteiger partial charge in [0.15, 0.2) is 6.29 Å². The van der Waals surface area contributed by atoms with E-state index < -0.39 is 4.92 Å². The van der Waals surface area contributed by atoms with Gasteiger partial charge in [-0.05, 0) is 6.07 Å². The fourth-order valence-electron chi connectivity index (χ4n) is 1.62. The van der Waals surface area contributed by atoms with Gasteiger partial charge in [0.25, 0.3) is 5.69 Å². The van der Waals surface area contributed by atoms with Crippen molar-refractivity contribution < 1.29 is 9.72 Å². The molecule has 0 atom stereocenters. The van der Waals surface area contributed by atoms with Crippen LogP contribution in [-0.4, -0.2) is 15.8 Å². The molecule has 0 fully saturated rings. The summed E-state index contributed by atoms with van der Waals surface area (Å²) in [5.74, 6) is 0. The lowest BCUT2D eigenvalue weighted by atomic mass is 10.2. The molecule has 0 aliphatic heterocycles. The van der Waals surface area contributed by atoms with E-state index in [9.17, 15) is 14.9 Å². The number of nitro groups is 1. The second-order valence-corrected chi connectivity index (χ2v) is 3.27. The number of aldehydes is 1. The van der Waals surface area contributed by atoms with Gasteiger partial charge in [-0.25, -0.2) is 0 Å². The zero-order chi connectivity index (χ0) is 11.0. The second kappa shape index (κ2) is 3.20. The molecule has 1 aromatic carbocycles.